The number of hydrogen-bond acceptors (Lipinski definition) is 2. The predicted octanol–water partition coefficient (Wildman–Crippen LogP) is 4.34. The first kappa shape index (κ1) is 13.2. The Kier molecular flexibility index (Phi) is 4.50. The third-order valence-corrected chi connectivity index (χ3v) is 3.79. The highest BCUT2D eigenvalue weighted by molar-refractivity contribution is 9.10. The zero-order valence-electron chi connectivity index (χ0n) is 9.79. The summed E-state index contributed by atoms with van der Waals surface area (Å²) in [6, 6.07) is 13.7. The van der Waals surface area contributed by atoms with E-state index in [0.717, 1.165) is 23.1 Å². The fourth-order valence-electron chi connectivity index (χ4n) is 1.75. The molecule has 0 amide bonds. The number of rotatable bonds is 4. The molecule has 0 aromatic heterocycles. The lowest BCUT2D eigenvalue weighted by Gasteiger charge is -2.11. The maximum atomic E-state index is 6.09. The van der Waals surface area contributed by atoms with Gasteiger partial charge in [-0.1, -0.05) is 51.8 Å². The molecule has 2 aromatic carbocycles. The molecule has 0 bridgehead atoms. The van der Waals surface area contributed by atoms with E-state index in [9.17, 15) is 0 Å². The van der Waals surface area contributed by atoms with E-state index in [4.69, 9.17) is 17.3 Å². The molecule has 0 fully saturated rings. The van der Waals surface area contributed by atoms with Crippen molar-refractivity contribution in [3.8, 4) is 0 Å². The molecule has 0 heterocycles. The second-order valence-corrected chi connectivity index (χ2v) is 5.23. The van der Waals surface area contributed by atoms with Crippen LogP contribution in [0.4, 0.5) is 11.4 Å². The van der Waals surface area contributed by atoms with Crippen molar-refractivity contribution in [1.29, 1.82) is 0 Å². The molecule has 2 nitrogen and oxygen atoms in total. The molecule has 18 heavy (non-hydrogen) atoms. The summed E-state index contributed by atoms with van der Waals surface area (Å²) in [5, 5.41) is 3.93. The standard InChI is InChI=1S/C14H14BrClN2/c15-11-5-2-1-4-10(11)8-9-18-14-12(16)6-3-7-13(14)17/h1-7,18H,8-9,17H2. The molecule has 0 saturated heterocycles. The van der Waals surface area contributed by atoms with Crippen LogP contribution in [0, 0.1) is 0 Å². The average Bonchev–Trinajstić information content (AvgIpc) is 2.35. The third kappa shape index (κ3) is 3.18. The summed E-state index contributed by atoms with van der Waals surface area (Å²) in [5.74, 6) is 0. The van der Waals surface area contributed by atoms with Gasteiger partial charge in [-0.05, 0) is 30.2 Å². The molecule has 0 unspecified atom stereocenters. The molecule has 94 valence electrons. The van der Waals surface area contributed by atoms with Gasteiger partial charge >= 0.3 is 0 Å². The summed E-state index contributed by atoms with van der Waals surface area (Å²) in [5.41, 5.74) is 8.62. The van der Waals surface area contributed by atoms with Crippen LogP contribution in [0.25, 0.3) is 0 Å². The van der Waals surface area contributed by atoms with E-state index in [2.05, 4.69) is 27.3 Å². The van der Waals surface area contributed by atoms with Gasteiger partial charge in [-0.3, -0.25) is 0 Å². The smallest absolute Gasteiger partial charge is 0.0763 e. The van der Waals surface area contributed by atoms with Gasteiger partial charge in [-0.25, -0.2) is 0 Å². The Labute approximate surface area is 120 Å². The normalized spacial score (nSPS) is 10.3. The molecule has 4 heteroatoms. The van der Waals surface area contributed by atoms with Crippen molar-refractivity contribution in [2.24, 2.45) is 0 Å². The first-order chi connectivity index (χ1) is 8.68. The van der Waals surface area contributed by atoms with Gasteiger partial charge in [-0.15, -0.1) is 0 Å². The number of hydrogen-bond donors (Lipinski definition) is 2. The monoisotopic (exact) mass is 324 g/mol. The summed E-state index contributed by atoms with van der Waals surface area (Å²) < 4.78 is 1.12. The molecule has 0 atom stereocenters. The van der Waals surface area contributed by atoms with E-state index >= 15 is 0 Å². The molecular formula is C14H14BrClN2. The number of benzene rings is 2. The molecule has 0 saturated carbocycles. The van der Waals surface area contributed by atoms with Crippen LogP contribution < -0.4 is 11.1 Å². The third-order valence-electron chi connectivity index (χ3n) is 2.70. The minimum atomic E-state index is 0.655. The van der Waals surface area contributed by atoms with Crippen molar-refractivity contribution in [3.05, 3.63) is 57.5 Å². The molecule has 0 aliphatic carbocycles. The van der Waals surface area contributed by atoms with Gasteiger partial charge in [0.25, 0.3) is 0 Å². The summed E-state index contributed by atoms with van der Waals surface area (Å²) in [6.07, 6.45) is 0.909. The van der Waals surface area contributed by atoms with Gasteiger partial charge in [0.2, 0.25) is 0 Å². The zero-order chi connectivity index (χ0) is 13.0. The number of nitrogens with two attached hydrogens (primary N) is 1. The van der Waals surface area contributed by atoms with E-state index in [1.54, 1.807) is 0 Å². The van der Waals surface area contributed by atoms with Crippen LogP contribution in [0.3, 0.4) is 0 Å². The molecule has 0 spiro atoms. The van der Waals surface area contributed by atoms with E-state index in [1.807, 2.05) is 36.4 Å². The van der Waals surface area contributed by atoms with Crippen LogP contribution in [-0.4, -0.2) is 6.54 Å². The van der Waals surface area contributed by atoms with Crippen molar-refractivity contribution in [2.75, 3.05) is 17.6 Å². The largest absolute Gasteiger partial charge is 0.397 e. The summed E-state index contributed by atoms with van der Waals surface area (Å²) >= 11 is 9.62. The van der Waals surface area contributed by atoms with Crippen LogP contribution in [0.2, 0.25) is 5.02 Å². The average molecular weight is 326 g/mol. The predicted molar refractivity (Wildman–Crippen MR) is 82.2 cm³/mol. The van der Waals surface area contributed by atoms with E-state index < -0.39 is 0 Å². The van der Waals surface area contributed by atoms with Crippen molar-refractivity contribution < 1.29 is 0 Å². The Morgan fingerprint density at radius 1 is 1.11 bits per heavy atom. The Bertz CT molecular complexity index is 523. The number of halogens is 2. The number of anilines is 2. The minimum absolute atomic E-state index is 0.655. The number of para-hydroxylation sites is 1. The molecule has 2 aromatic rings. The lowest BCUT2D eigenvalue weighted by atomic mass is 10.1. The quantitative estimate of drug-likeness (QED) is 0.821. The van der Waals surface area contributed by atoms with Crippen molar-refractivity contribution in [3.63, 3.8) is 0 Å². The fraction of sp³-hybridized carbons (Fsp3) is 0.143. The van der Waals surface area contributed by atoms with Gasteiger partial charge in [-0.2, -0.15) is 0 Å². The van der Waals surface area contributed by atoms with Gasteiger partial charge in [0.15, 0.2) is 0 Å². The maximum Gasteiger partial charge on any atom is 0.0763 e. The molecule has 0 aliphatic rings. The minimum Gasteiger partial charge on any atom is -0.397 e. The van der Waals surface area contributed by atoms with E-state index in [1.165, 1.54) is 5.56 Å². The SMILES string of the molecule is Nc1cccc(Cl)c1NCCc1ccccc1Br. The first-order valence-electron chi connectivity index (χ1n) is 5.70. The summed E-state index contributed by atoms with van der Waals surface area (Å²) in [4.78, 5) is 0. The Balaban J connectivity index is 1.99. The number of nitrogen functional groups attached to an aromatic ring is 1. The number of nitrogens with one attached hydrogen (secondary N) is 1. The Morgan fingerprint density at radius 3 is 2.61 bits per heavy atom. The topological polar surface area (TPSA) is 38.0 Å². The fourth-order valence-corrected chi connectivity index (χ4v) is 2.48. The molecule has 0 radical (unpaired) electrons. The van der Waals surface area contributed by atoms with Crippen molar-refractivity contribution in [2.45, 2.75) is 6.42 Å². The van der Waals surface area contributed by atoms with E-state index in [0.29, 0.717) is 10.7 Å². The second kappa shape index (κ2) is 6.12. The van der Waals surface area contributed by atoms with Crippen LogP contribution in [0.5, 0.6) is 0 Å². The highest BCUT2D eigenvalue weighted by Gasteiger charge is 2.04. The van der Waals surface area contributed by atoms with Crippen LogP contribution in [0.1, 0.15) is 5.56 Å². The Hall–Kier alpha value is -1.19. The van der Waals surface area contributed by atoms with Gasteiger partial charge in [0, 0.05) is 11.0 Å². The van der Waals surface area contributed by atoms with Crippen molar-refractivity contribution in [1.82, 2.24) is 0 Å². The van der Waals surface area contributed by atoms with Crippen molar-refractivity contribution >= 4 is 38.9 Å². The zero-order valence-corrected chi connectivity index (χ0v) is 12.1. The lowest BCUT2D eigenvalue weighted by molar-refractivity contribution is 1.01. The Morgan fingerprint density at radius 2 is 1.89 bits per heavy atom. The van der Waals surface area contributed by atoms with Crippen LogP contribution in [0.15, 0.2) is 46.9 Å². The molecule has 0 aliphatic heterocycles. The first-order valence-corrected chi connectivity index (χ1v) is 6.87. The van der Waals surface area contributed by atoms with Gasteiger partial charge in [0.1, 0.15) is 0 Å². The lowest BCUT2D eigenvalue weighted by Crippen LogP contribution is -2.07. The van der Waals surface area contributed by atoms with Gasteiger partial charge < -0.3 is 11.1 Å². The van der Waals surface area contributed by atoms with Crippen LogP contribution in [-0.2, 0) is 6.42 Å². The second-order valence-electron chi connectivity index (χ2n) is 3.97. The maximum absolute atomic E-state index is 6.09. The highest BCUT2D eigenvalue weighted by atomic mass is 79.9. The molecule has 2 rings (SSSR count). The summed E-state index contributed by atoms with van der Waals surface area (Å²) in [6.45, 7) is 0.788. The van der Waals surface area contributed by atoms with Crippen LogP contribution >= 0.6 is 27.5 Å². The highest BCUT2D eigenvalue weighted by Crippen LogP contribution is 2.27. The summed E-state index contributed by atoms with van der Waals surface area (Å²) in [7, 11) is 0. The molecule has 3 N–H and O–H groups in total. The molecular weight excluding hydrogens is 312 g/mol. The van der Waals surface area contributed by atoms with E-state index in [-0.39, 0.29) is 0 Å². The van der Waals surface area contributed by atoms with Gasteiger partial charge in [0.05, 0.1) is 16.4 Å².